The van der Waals surface area contributed by atoms with E-state index in [1.807, 2.05) is 4.68 Å². The van der Waals surface area contributed by atoms with Gasteiger partial charge in [-0.2, -0.15) is 18.3 Å². The van der Waals surface area contributed by atoms with Gasteiger partial charge in [0, 0.05) is 34.4 Å². The zero-order valence-corrected chi connectivity index (χ0v) is 18.5. The van der Waals surface area contributed by atoms with Crippen molar-refractivity contribution in [2.45, 2.75) is 62.8 Å². The fourth-order valence-corrected chi connectivity index (χ4v) is 4.57. The molecule has 1 amide bonds. The van der Waals surface area contributed by atoms with E-state index in [0.717, 1.165) is 38.2 Å². The van der Waals surface area contributed by atoms with Crippen molar-refractivity contribution < 1.29 is 18.0 Å². The number of aromatic nitrogens is 3. The zero-order chi connectivity index (χ0) is 23.2. The molecule has 2 fully saturated rings. The number of anilines is 1. The number of fused-ring (bicyclic) bond motifs is 1. The predicted octanol–water partition coefficient (Wildman–Crippen LogP) is 5.59. The minimum atomic E-state index is -4.56. The molecule has 2 aliphatic carbocycles. The topological polar surface area (TPSA) is 71.8 Å². The van der Waals surface area contributed by atoms with Gasteiger partial charge >= 0.3 is 6.18 Å². The molecule has 2 N–H and O–H groups in total. The van der Waals surface area contributed by atoms with Crippen LogP contribution in [-0.4, -0.2) is 32.8 Å². The molecule has 0 radical (unpaired) electrons. The molecule has 10 heteroatoms. The predicted molar refractivity (Wildman–Crippen MR) is 119 cm³/mol. The van der Waals surface area contributed by atoms with Crippen molar-refractivity contribution in [2.75, 3.05) is 5.32 Å². The van der Waals surface area contributed by atoms with Crippen molar-refractivity contribution in [3.63, 3.8) is 0 Å². The summed E-state index contributed by atoms with van der Waals surface area (Å²) in [5, 5.41) is 11.5. The van der Waals surface area contributed by atoms with E-state index in [2.05, 4.69) is 20.7 Å². The van der Waals surface area contributed by atoms with Gasteiger partial charge in [0.2, 0.25) is 0 Å². The summed E-state index contributed by atoms with van der Waals surface area (Å²) < 4.78 is 42.0. The second-order valence-corrected chi connectivity index (χ2v) is 9.27. The van der Waals surface area contributed by atoms with Crippen LogP contribution in [0, 0.1) is 0 Å². The fourth-order valence-electron chi connectivity index (χ4n) is 4.40. The third-order valence-electron chi connectivity index (χ3n) is 6.21. The molecule has 0 spiro atoms. The standard InChI is InChI=1S/C23H23ClF3N5O/c24-14-4-7-19-18(8-14)20(10-21(31-19)23(25,26)27)29-15-2-1-3-16(9-15)30-22(33)13-11-28-32(12-13)17-5-6-17/h4,7-8,10-12,15-17H,1-3,5-6,9H2,(H,29,31)(H,30,33)/t15-,16+/m0/s1. The van der Waals surface area contributed by atoms with E-state index < -0.39 is 11.9 Å². The normalized spacial score (nSPS) is 21.2. The van der Waals surface area contributed by atoms with Crippen LogP contribution in [0.1, 0.15) is 60.6 Å². The maximum atomic E-state index is 13.4. The zero-order valence-electron chi connectivity index (χ0n) is 17.7. The van der Waals surface area contributed by atoms with E-state index in [1.54, 1.807) is 18.5 Å². The lowest BCUT2D eigenvalue weighted by molar-refractivity contribution is -0.140. The number of amides is 1. The molecule has 2 atom stereocenters. The molecule has 0 unspecified atom stereocenters. The van der Waals surface area contributed by atoms with Crippen molar-refractivity contribution in [1.29, 1.82) is 0 Å². The highest BCUT2D eigenvalue weighted by molar-refractivity contribution is 6.31. The van der Waals surface area contributed by atoms with Gasteiger partial charge < -0.3 is 10.6 Å². The second-order valence-electron chi connectivity index (χ2n) is 8.83. The summed E-state index contributed by atoms with van der Waals surface area (Å²) >= 11 is 6.09. The summed E-state index contributed by atoms with van der Waals surface area (Å²) in [6, 6.07) is 5.90. The minimum Gasteiger partial charge on any atom is -0.382 e. The van der Waals surface area contributed by atoms with E-state index in [0.29, 0.717) is 34.1 Å². The van der Waals surface area contributed by atoms with Crippen LogP contribution in [0.25, 0.3) is 10.9 Å². The molecule has 2 aliphatic rings. The van der Waals surface area contributed by atoms with Crippen molar-refractivity contribution in [3.8, 4) is 0 Å². The number of nitrogens with zero attached hydrogens (tertiary/aromatic N) is 3. The minimum absolute atomic E-state index is 0.0770. The first-order valence-corrected chi connectivity index (χ1v) is 11.4. The smallest absolute Gasteiger partial charge is 0.382 e. The lowest BCUT2D eigenvalue weighted by Gasteiger charge is -2.31. The average molecular weight is 478 g/mol. The Morgan fingerprint density at radius 1 is 1.12 bits per heavy atom. The van der Waals surface area contributed by atoms with E-state index >= 15 is 0 Å². The number of halogens is 4. The highest BCUT2D eigenvalue weighted by atomic mass is 35.5. The molecule has 1 aromatic carbocycles. The van der Waals surface area contributed by atoms with Crippen LogP contribution in [0.3, 0.4) is 0 Å². The first-order valence-electron chi connectivity index (χ1n) is 11.1. The molecule has 6 nitrogen and oxygen atoms in total. The lowest BCUT2D eigenvalue weighted by Crippen LogP contribution is -2.41. The number of hydrogen-bond donors (Lipinski definition) is 2. The van der Waals surface area contributed by atoms with E-state index in [4.69, 9.17) is 11.6 Å². The number of hydrogen-bond acceptors (Lipinski definition) is 4. The third-order valence-corrected chi connectivity index (χ3v) is 6.45. The Bertz CT molecular complexity index is 1190. The molecular weight excluding hydrogens is 455 g/mol. The van der Waals surface area contributed by atoms with Crippen LogP contribution in [0.2, 0.25) is 5.02 Å². The summed E-state index contributed by atoms with van der Waals surface area (Å²) in [5.74, 6) is -0.173. The average Bonchev–Trinajstić information content (AvgIpc) is 3.49. The van der Waals surface area contributed by atoms with Gasteiger partial charge in [0.15, 0.2) is 0 Å². The SMILES string of the molecule is O=C(N[C@@H]1CCC[C@H](Nc2cc(C(F)(F)F)nc3ccc(Cl)cc23)C1)c1cnn(C2CC2)c1. The quantitative estimate of drug-likeness (QED) is 0.502. The van der Waals surface area contributed by atoms with Gasteiger partial charge in [0.25, 0.3) is 5.91 Å². The number of carbonyl (C=O) groups excluding carboxylic acids is 1. The molecule has 2 aromatic heterocycles. The Morgan fingerprint density at radius 2 is 1.91 bits per heavy atom. The van der Waals surface area contributed by atoms with E-state index in [1.165, 1.54) is 12.1 Å². The van der Waals surface area contributed by atoms with E-state index in [-0.39, 0.29) is 23.5 Å². The van der Waals surface area contributed by atoms with Gasteiger partial charge in [-0.1, -0.05) is 11.6 Å². The maximum Gasteiger partial charge on any atom is 0.433 e. The molecule has 0 aliphatic heterocycles. The molecule has 2 heterocycles. The van der Waals surface area contributed by atoms with E-state index in [9.17, 15) is 18.0 Å². The number of benzene rings is 1. The second kappa shape index (κ2) is 8.52. The maximum absolute atomic E-state index is 13.4. The van der Waals surface area contributed by atoms with Crippen LogP contribution in [0.15, 0.2) is 36.7 Å². The Morgan fingerprint density at radius 3 is 2.67 bits per heavy atom. The van der Waals surface area contributed by atoms with Crippen LogP contribution in [-0.2, 0) is 6.18 Å². The molecule has 2 saturated carbocycles. The van der Waals surface area contributed by atoms with Gasteiger partial charge in [0.1, 0.15) is 5.69 Å². The third kappa shape index (κ3) is 4.93. The molecular formula is C23H23ClF3N5O. The van der Waals surface area contributed by atoms with Crippen LogP contribution in [0.4, 0.5) is 18.9 Å². The summed E-state index contributed by atoms with van der Waals surface area (Å²) in [7, 11) is 0. The molecule has 5 rings (SSSR count). The number of rotatable bonds is 5. The largest absolute Gasteiger partial charge is 0.433 e. The first-order chi connectivity index (χ1) is 15.8. The Labute approximate surface area is 193 Å². The molecule has 174 valence electrons. The lowest BCUT2D eigenvalue weighted by atomic mass is 9.90. The van der Waals surface area contributed by atoms with Gasteiger partial charge in [0.05, 0.1) is 23.3 Å². The number of pyridine rings is 1. The van der Waals surface area contributed by atoms with Gasteiger partial charge in [-0.05, 0) is 62.8 Å². The van der Waals surface area contributed by atoms with Crippen molar-refractivity contribution in [3.05, 3.63) is 52.9 Å². The van der Waals surface area contributed by atoms with Crippen LogP contribution < -0.4 is 10.6 Å². The van der Waals surface area contributed by atoms with Crippen LogP contribution >= 0.6 is 11.6 Å². The number of alkyl halides is 3. The summed E-state index contributed by atoms with van der Waals surface area (Å²) in [6.07, 6.45) is 4.03. The highest BCUT2D eigenvalue weighted by Gasteiger charge is 2.34. The molecule has 3 aromatic rings. The Balaban J connectivity index is 1.31. The molecule has 0 bridgehead atoms. The summed E-state index contributed by atoms with van der Waals surface area (Å²) in [5.41, 5.74) is 0.150. The highest BCUT2D eigenvalue weighted by Crippen LogP contribution is 2.36. The Hall–Kier alpha value is -2.81. The first kappa shape index (κ1) is 22.0. The Kier molecular flexibility index (Phi) is 5.68. The number of nitrogens with one attached hydrogen (secondary N) is 2. The monoisotopic (exact) mass is 477 g/mol. The van der Waals surface area contributed by atoms with Crippen molar-refractivity contribution in [1.82, 2.24) is 20.1 Å². The van der Waals surface area contributed by atoms with Gasteiger partial charge in [-0.3, -0.25) is 9.48 Å². The van der Waals surface area contributed by atoms with Gasteiger partial charge in [-0.25, -0.2) is 4.98 Å². The fraction of sp³-hybridized carbons (Fsp3) is 0.435. The van der Waals surface area contributed by atoms with Gasteiger partial charge in [-0.15, -0.1) is 0 Å². The summed E-state index contributed by atoms with van der Waals surface area (Å²) in [6.45, 7) is 0. The van der Waals surface area contributed by atoms with Crippen molar-refractivity contribution >= 4 is 34.1 Å². The summed E-state index contributed by atoms with van der Waals surface area (Å²) in [4.78, 5) is 16.4. The molecule has 33 heavy (non-hydrogen) atoms. The molecule has 0 saturated heterocycles. The van der Waals surface area contributed by atoms with Crippen LogP contribution in [0.5, 0.6) is 0 Å². The van der Waals surface area contributed by atoms with Crippen molar-refractivity contribution in [2.24, 2.45) is 0 Å². The number of carbonyl (C=O) groups is 1.